The highest BCUT2D eigenvalue weighted by molar-refractivity contribution is 5.82. The van der Waals surface area contributed by atoms with Gasteiger partial charge >= 0.3 is 12.4 Å². The zero-order chi connectivity index (χ0) is 24.4. The summed E-state index contributed by atoms with van der Waals surface area (Å²) >= 11 is 0. The van der Waals surface area contributed by atoms with Crippen molar-refractivity contribution in [2.24, 2.45) is 0 Å². The second kappa shape index (κ2) is 9.45. The minimum atomic E-state index is -4.97. The highest BCUT2D eigenvalue weighted by Crippen LogP contribution is 2.39. The number of hydrogen-bond acceptors (Lipinski definition) is 6. The second-order valence-corrected chi connectivity index (χ2v) is 7.59. The first-order valence-electron chi connectivity index (χ1n) is 9.94. The number of nitriles is 2. The number of piperazine rings is 1. The predicted octanol–water partition coefficient (Wildman–Crippen LogP) is 2.73. The van der Waals surface area contributed by atoms with Crippen LogP contribution in [-0.2, 0) is 15.7 Å². The van der Waals surface area contributed by atoms with Gasteiger partial charge < -0.3 is 14.5 Å². The lowest BCUT2D eigenvalue weighted by atomic mass is 10.1. The van der Waals surface area contributed by atoms with Gasteiger partial charge in [-0.2, -0.15) is 36.9 Å². The first-order chi connectivity index (χ1) is 15.5. The summed E-state index contributed by atoms with van der Waals surface area (Å²) in [6.45, 7) is 1.27. The Morgan fingerprint density at radius 1 is 1.09 bits per heavy atom. The molecule has 0 radical (unpaired) electrons. The van der Waals surface area contributed by atoms with Gasteiger partial charge in [0.15, 0.2) is 6.10 Å². The second-order valence-electron chi connectivity index (χ2n) is 7.59. The summed E-state index contributed by atoms with van der Waals surface area (Å²) in [7, 11) is 0. The van der Waals surface area contributed by atoms with Crippen molar-refractivity contribution in [2.75, 3.05) is 44.2 Å². The molecule has 0 aromatic heterocycles. The van der Waals surface area contributed by atoms with Gasteiger partial charge in [0.25, 0.3) is 5.91 Å². The molecule has 2 aliphatic rings. The summed E-state index contributed by atoms with van der Waals surface area (Å²) < 4.78 is 85.7. The lowest BCUT2D eigenvalue weighted by Crippen LogP contribution is -2.52. The van der Waals surface area contributed by atoms with Gasteiger partial charge in [-0.15, -0.1) is 0 Å². The van der Waals surface area contributed by atoms with Crippen molar-refractivity contribution in [1.82, 2.24) is 9.80 Å². The first-order valence-corrected chi connectivity index (χ1v) is 9.94. The molecule has 3 rings (SSSR count). The maximum Gasteiger partial charge on any atom is 0.433 e. The molecule has 2 aliphatic heterocycles. The SMILES string of the molecule is N#CCCN1CCN(C(=O)C2CN(c3ccc(C#N)c(C(F)(F)F)c3)C(C(F)(F)F)O2)CC1. The van der Waals surface area contributed by atoms with E-state index in [2.05, 4.69) is 0 Å². The van der Waals surface area contributed by atoms with Crippen molar-refractivity contribution in [3.8, 4) is 12.1 Å². The lowest BCUT2D eigenvalue weighted by molar-refractivity contribution is -0.215. The smallest absolute Gasteiger partial charge is 0.338 e. The number of carbonyl (C=O) groups is 1. The fourth-order valence-corrected chi connectivity index (χ4v) is 3.82. The third-order valence-electron chi connectivity index (χ3n) is 5.48. The van der Waals surface area contributed by atoms with Crippen molar-refractivity contribution in [1.29, 1.82) is 10.5 Å². The molecule has 2 saturated heterocycles. The van der Waals surface area contributed by atoms with Gasteiger partial charge in [-0.25, -0.2) is 0 Å². The summed E-state index contributed by atoms with van der Waals surface area (Å²) in [5.41, 5.74) is -2.55. The number of hydrogen-bond donors (Lipinski definition) is 0. The topological polar surface area (TPSA) is 83.6 Å². The number of anilines is 1. The highest BCUT2D eigenvalue weighted by atomic mass is 19.4. The molecule has 33 heavy (non-hydrogen) atoms. The minimum absolute atomic E-state index is 0.232. The molecule has 1 aromatic carbocycles. The van der Waals surface area contributed by atoms with Crippen LogP contribution in [0.1, 0.15) is 17.5 Å². The molecular formula is C20H19F6N5O2. The van der Waals surface area contributed by atoms with Gasteiger partial charge in [0.05, 0.1) is 29.8 Å². The van der Waals surface area contributed by atoms with E-state index in [1.807, 2.05) is 11.0 Å². The van der Waals surface area contributed by atoms with Crippen LogP contribution in [0.15, 0.2) is 18.2 Å². The Hall–Kier alpha value is -3.03. The monoisotopic (exact) mass is 475 g/mol. The minimum Gasteiger partial charge on any atom is -0.338 e. The van der Waals surface area contributed by atoms with E-state index < -0.39 is 54.0 Å². The first kappa shape index (κ1) is 24.6. The quantitative estimate of drug-likeness (QED) is 0.623. The van der Waals surface area contributed by atoms with E-state index in [9.17, 15) is 31.1 Å². The highest BCUT2D eigenvalue weighted by Gasteiger charge is 2.53. The normalized spacial score (nSPS) is 22.2. The molecule has 2 fully saturated rings. The van der Waals surface area contributed by atoms with Crippen molar-refractivity contribution in [3.05, 3.63) is 29.3 Å². The zero-order valence-corrected chi connectivity index (χ0v) is 17.2. The van der Waals surface area contributed by atoms with Gasteiger partial charge in [0.2, 0.25) is 6.23 Å². The van der Waals surface area contributed by atoms with Crippen molar-refractivity contribution in [2.45, 2.75) is 31.1 Å². The lowest BCUT2D eigenvalue weighted by Gasteiger charge is -2.35. The van der Waals surface area contributed by atoms with Crippen LogP contribution in [0.5, 0.6) is 0 Å². The third-order valence-corrected chi connectivity index (χ3v) is 5.48. The molecule has 2 atom stereocenters. The number of nitrogens with zero attached hydrogens (tertiary/aromatic N) is 5. The van der Waals surface area contributed by atoms with Crippen LogP contribution in [0, 0.1) is 22.7 Å². The Morgan fingerprint density at radius 3 is 2.30 bits per heavy atom. The van der Waals surface area contributed by atoms with Crippen LogP contribution in [0.25, 0.3) is 0 Å². The summed E-state index contributed by atoms with van der Waals surface area (Å²) in [6.07, 6.45) is -13.7. The van der Waals surface area contributed by atoms with Crippen LogP contribution < -0.4 is 4.90 Å². The number of amides is 1. The standard InChI is InChI=1S/C20H19F6N5O2/c21-19(22,23)15-10-14(3-2-13(15)11-28)31-12-16(33-18(31)20(24,25)26)17(32)30-8-6-29(7-9-30)5-1-4-27/h2-3,10,16,18H,1,5-9,12H2. The fourth-order valence-electron chi connectivity index (χ4n) is 3.82. The molecule has 0 spiro atoms. The zero-order valence-electron chi connectivity index (χ0n) is 17.2. The van der Waals surface area contributed by atoms with E-state index in [0.29, 0.717) is 37.0 Å². The predicted molar refractivity (Wildman–Crippen MR) is 101 cm³/mol. The van der Waals surface area contributed by atoms with Gasteiger partial charge in [-0.3, -0.25) is 9.69 Å². The number of carbonyl (C=O) groups excluding carboxylic acids is 1. The summed E-state index contributed by atoms with van der Waals surface area (Å²) in [5.74, 6) is -0.684. The molecule has 1 amide bonds. The van der Waals surface area contributed by atoms with E-state index in [1.54, 1.807) is 0 Å². The molecule has 178 valence electrons. The van der Waals surface area contributed by atoms with E-state index in [0.717, 1.165) is 12.1 Å². The summed E-state index contributed by atoms with van der Waals surface area (Å²) in [6, 6.07) is 5.61. The van der Waals surface area contributed by atoms with E-state index >= 15 is 0 Å². The summed E-state index contributed by atoms with van der Waals surface area (Å²) in [4.78, 5) is 16.7. The number of rotatable bonds is 4. The maximum absolute atomic E-state index is 13.6. The fraction of sp³-hybridized carbons (Fsp3) is 0.550. The number of halogens is 6. The Bertz CT molecular complexity index is 960. The molecule has 0 bridgehead atoms. The third kappa shape index (κ3) is 5.49. The molecule has 2 unspecified atom stereocenters. The summed E-state index contributed by atoms with van der Waals surface area (Å²) in [5, 5.41) is 17.6. The Kier molecular flexibility index (Phi) is 7.05. The maximum atomic E-state index is 13.6. The molecule has 2 heterocycles. The van der Waals surface area contributed by atoms with E-state index in [1.165, 1.54) is 11.0 Å². The average molecular weight is 475 g/mol. The van der Waals surface area contributed by atoms with Crippen molar-refractivity contribution in [3.63, 3.8) is 0 Å². The van der Waals surface area contributed by atoms with Gasteiger partial charge in [-0.1, -0.05) is 0 Å². The Labute approximate surface area is 185 Å². The molecule has 1 aromatic rings. The van der Waals surface area contributed by atoms with E-state index in [-0.39, 0.29) is 13.1 Å². The largest absolute Gasteiger partial charge is 0.433 e. The molecule has 7 nitrogen and oxygen atoms in total. The molecule has 0 saturated carbocycles. The van der Waals surface area contributed by atoms with Crippen LogP contribution in [0.3, 0.4) is 0 Å². The van der Waals surface area contributed by atoms with Gasteiger partial charge in [0, 0.05) is 44.8 Å². The number of alkyl halides is 6. The number of ether oxygens (including phenoxy) is 1. The molecule has 13 heteroatoms. The number of benzene rings is 1. The van der Waals surface area contributed by atoms with E-state index in [4.69, 9.17) is 15.3 Å². The molecule has 0 N–H and O–H groups in total. The van der Waals surface area contributed by atoms with Crippen LogP contribution in [-0.4, -0.2) is 73.5 Å². The Balaban J connectivity index is 1.80. The van der Waals surface area contributed by atoms with Gasteiger partial charge in [-0.05, 0) is 18.2 Å². The van der Waals surface area contributed by atoms with Gasteiger partial charge in [0.1, 0.15) is 0 Å². The molecule has 0 aliphatic carbocycles. The Morgan fingerprint density at radius 2 is 1.76 bits per heavy atom. The van der Waals surface area contributed by atoms with Crippen molar-refractivity contribution >= 4 is 11.6 Å². The molecular weight excluding hydrogens is 456 g/mol. The van der Waals surface area contributed by atoms with Crippen LogP contribution in [0.4, 0.5) is 32.0 Å². The van der Waals surface area contributed by atoms with Crippen molar-refractivity contribution < 1.29 is 35.9 Å². The van der Waals surface area contributed by atoms with Crippen LogP contribution in [0.2, 0.25) is 0 Å². The van der Waals surface area contributed by atoms with Crippen LogP contribution >= 0.6 is 0 Å². The average Bonchev–Trinajstić information content (AvgIpc) is 3.22.